The molecule has 2 bridgehead atoms. The summed E-state index contributed by atoms with van der Waals surface area (Å²) in [4.78, 5) is -0.615. The molecule has 0 spiro atoms. The molecule has 2 saturated heterocycles. The summed E-state index contributed by atoms with van der Waals surface area (Å²) >= 11 is 6.32. The molecular weight excluding hydrogens is 188 g/mol. The predicted octanol–water partition coefficient (Wildman–Crippen LogP) is 1.93. The van der Waals surface area contributed by atoms with Crippen LogP contribution in [0.3, 0.4) is 0 Å². The van der Waals surface area contributed by atoms with Gasteiger partial charge in [0.15, 0.2) is 0 Å². The Balaban J connectivity index is 2.36. The molecule has 0 radical (unpaired) electrons. The van der Waals surface area contributed by atoms with Crippen molar-refractivity contribution in [2.45, 2.75) is 56.8 Å². The third-order valence-corrected chi connectivity index (χ3v) is 4.17. The summed E-state index contributed by atoms with van der Waals surface area (Å²) in [6.45, 7) is 5.95. The van der Waals surface area contributed by atoms with Crippen molar-refractivity contribution in [3.8, 4) is 0 Å². The van der Waals surface area contributed by atoms with E-state index in [0.29, 0.717) is 0 Å². The van der Waals surface area contributed by atoms with E-state index < -0.39 is 11.0 Å². The molecule has 0 aromatic heterocycles. The zero-order valence-electron chi connectivity index (χ0n) is 8.38. The molecule has 0 aromatic carbocycles. The van der Waals surface area contributed by atoms with E-state index in [1.165, 1.54) is 0 Å². The van der Waals surface area contributed by atoms with Crippen LogP contribution in [-0.2, 0) is 4.74 Å². The fraction of sp³-hybridized carbons (Fsp3) is 1.00. The van der Waals surface area contributed by atoms with Crippen LogP contribution in [0.2, 0.25) is 0 Å². The number of hydrogen-bond acceptors (Lipinski definition) is 2. The van der Waals surface area contributed by atoms with E-state index in [1.807, 2.05) is 20.8 Å². The summed E-state index contributed by atoms with van der Waals surface area (Å²) in [6.07, 6.45) is 1.73. The van der Waals surface area contributed by atoms with Gasteiger partial charge in [-0.2, -0.15) is 0 Å². The van der Waals surface area contributed by atoms with Gasteiger partial charge in [-0.3, -0.25) is 0 Å². The molecule has 2 fully saturated rings. The average molecular weight is 205 g/mol. The van der Waals surface area contributed by atoms with Crippen LogP contribution in [0.15, 0.2) is 0 Å². The Bertz CT molecular complexity index is 203. The fourth-order valence-corrected chi connectivity index (χ4v) is 3.12. The largest absolute Gasteiger partial charge is 0.391 e. The van der Waals surface area contributed by atoms with Gasteiger partial charge >= 0.3 is 0 Å². The zero-order chi connectivity index (χ0) is 9.85. The van der Waals surface area contributed by atoms with Crippen LogP contribution in [-0.4, -0.2) is 28.3 Å². The number of hydrogen-bond donors (Lipinski definition) is 1. The van der Waals surface area contributed by atoms with Gasteiger partial charge in [0.1, 0.15) is 0 Å². The van der Waals surface area contributed by atoms with Gasteiger partial charge < -0.3 is 9.84 Å². The standard InChI is InChI=1S/C10H17ClO2/c1-9(2)6-4-5-7(13-6)10(3,11)8(9)12/h6-8,12H,4-5H2,1-3H3/t6-,7+,8-,10-/m1/s1. The Morgan fingerprint density at radius 1 is 1.23 bits per heavy atom. The highest BCUT2D eigenvalue weighted by molar-refractivity contribution is 6.24. The Kier molecular flexibility index (Phi) is 1.96. The van der Waals surface area contributed by atoms with Crippen LogP contribution in [0.4, 0.5) is 0 Å². The number of rotatable bonds is 0. The lowest BCUT2D eigenvalue weighted by molar-refractivity contribution is -0.158. The number of aliphatic hydroxyl groups excluding tert-OH is 1. The van der Waals surface area contributed by atoms with Crippen molar-refractivity contribution in [2.75, 3.05) is 0 Å². The van der Waals surface area contributed by atoms with Crippen molar-refractivity contribution < 1.29 is 9.84 Å². The van der Waals surface area contributed by atoms with E-state index in [4.69, 9.17) is 16.3 Å². The van der Waals surface area contributed by atoms with Crippen LogP contribution in [0.25, 0.3) is 0 Å². The molecule has 76 valence electrons. The molecule has 0 unspecified atom stereocenters. The Morgan fingerprint density at radius 3 is 2.38 bits per heavy atom. The molecule has 2 rings (SSSR count). The quantitative estimate of drug-likeness (QED) is 0.611. The van der Waals surface area contributed by atoms with E-state index in [1.54, 1.807) is 0 Å². The van der Waals surface area contributed by atoms with Crippen molar-refractivity contribution >= 4 is 11.6 Å². The molecule has 0 amide bonds. The predicted molar refractivity (Wildman–Crippen MR) is 51.9 cm³/mol. The Hall–Kier alpha value is 0.210. The van der Waals surface area contributed by atoms with Gasteiger partial charge in [-0.1, -0.05) is 13.8 Å². The minimum atomic E-state index is -0.615. The molecule has 0 aromatic rings. The first-order chi connectivity index (χ1) is 5.87. The van der Waals surface area contributed by atoms with E-state index in [0.717, 1.165) is 12.8 Å². The summed E-state index contributed by atoms with van der Waals surface area (Å²) < 4.78 is 5.81. The molecule has 1 N–H and O–H groups in total. The minimum absolute atomic E-state index is 0.0298. The van der Waals surface area contributed by atoms with Crippen LogP contribution >= 0.6 is 11.6 Å². The molecule has 4 atom stereocenters. The first-order valence-corrected chi connectivity index (χ1v) is 5.27. The minimum Gasteiger partial charge on any atom is -0.391 e. The summed E-state index contributed by atoms with van der Waals surface area (Å²) in [7, 11) is 0. The molecule has 0 saturated carbocycles. The van der Waals surface area contributed by atoms with E-state index in [2.05, 4.69) is 0 Å². The van der Waals surface area contributed by atoms with E-state index in [-0.39, 0.29) is 17.6 Å². The number of fused-ring (bicyclic) bond motifs is 2. The molecule has 2 aliphatic heterocycles. The molecule has 2 nitrogen and oxygen atoms in total. The van der Waals surface area contributed by atoms with E-state index >= 15 is 0 Å². The van der Waals surface area contributed by atoms with Crippen molar-refractivity contribution in [3.63, 3.8) is 0 Å². The van der Waals surface area contributed by atoms with Crippen LogP contribution in [0.1, 0.15) is 33.6 Å². The van der Waals surface area contributed by atoms with Gasteiger partial charge in [0.25, 0.3) is 0 Å². The summed E-state index contributed by atoms with van der Waals surface area (Å²) in [5, 5.41) is 10.1. The topological polar surface area (TPSA) is 29.5 Å². The lowest BCUT2D eigenvalue weighted by Crippen LogP contribution is -2.59. The highest BCUT2D eigenvalue weighted by Crippen LogP contribution is 2.51. The Morgan fingerprint density at radius 2 is 1.77 bits per heavy atom. The fourth-order valence-electron chi connectivity index (χ4n) is 2.68. The molecular formula is C10H17ClO2. The average Bonchev–Trinajstić information content (AvgIpc) is 2.48. The summed E-state index contributed by atoms with van der Waals surface area (Å²) in [6, 6.07) is 0. The maximum absolute atomic E-state index is 10.1. The van der Waals surface area contributed by atoms with Gasteiger partial charge in [-0.15, -0.1) is 11.6 Å². The second kappa shape index (κ2) is 2.62. The third kappa shape index (κ3) is 1.15. The lowest BCUT2D eigenvalue weighted by Gasteiger charge is -2.48. The zero-order valence-corrected chi connectivity index (χ0v) is 9.14. The molecule has 0 aliphatic carbocycles. The number of aliphatic hydroxyl groups is 1. The van der Waals surface area contributed by atoms with Crippen molar-refractivity contribution in [1.82, 2.24) is 0 Å². The van der Waals surface area contributed by atoms with Crippen LogP contribution in [0, 0.1) is 5.41 Å². The van der Waals surface area contributed by atoms with Gasteiger partial charge in [0.05, 0.1) is 23.2 Å². The van der Waals surface area contributed by atoms with Gasteiger partial charge in [-0.25, -0.2) is 0 Å². The second-order valence-corrected chi connectivity index (χ2v) is 5.88. The maximum atomic E-state index is 10.1. The smallest absolute Gasteiger partial charge is 0.0943 e. The van der Waals surface area contributed by atoms with E-state index in [9.17, 15) is 5.11 Å². The Labute approximate surface area is 84.2 Å². The summed E-state index contributed by atoms with van der Waals surface area (Å²) in [5.41, 5.74) is -0.219. The maximum Gasteiger partial charge on any atom is 0.0943 e. The third-order valence-electron chi connectivity index (χ3n) is 3.72. The number of halogens is 1. The second-order valence-electron chi connectivity index (χ2n) is 5.07. The van der Waals surface area contributed by atoms with Crippen molar-refractivity contribution in [1.29, 1.82) is 0 Å². The highest BCUT2D eigenvalue weighted by atomic mass is 35.5. The SMILES string of the molecule is CC1(C)[C@@H](O)[C@](C)(Cl)[C@@H]2CC[C@H]1O2. The van der Waals surface area contributed by atoms with Gasteiger partial charge in [0.2, 0.25) is 0 Å². The van der Waals surface area contributed by atoms with Crippen molar-refractivity contribution in [3.05, 3.63) is 0 Å². The molecule has 2 aliphatic rings. The number of alkyl halides is 1. The monoisotopic (exact) mass is 204 g/mol. The molecule has 2 heterocycles. The first-order valence-electron chi connectivity index (χ1n) is 4.89. The first kappa shape index (κ1) is 9.75. The number of ether oxygens (including phenoxy) is 1. The van der Waals surface area contributed by atoms with Crippen molar-refractivity contribution in [2.24, 2.45) is 5.41 Å². The molecule has 13 heavy (non-hydrogen) atoms. The van der Waals surface area contributed by atoms with Crippen LogP contribution < -0.4 is 0 Å². The summed E-state index contributed by atoms with van der Waals surface area (Å²) in [5.74, 6) is 0. The van der Waals surface area contributed by atoms with Crippen LogP contribution in [0.5, 0.6) is 0 Å². The highest BCUT2D eigenvalue weighted by Gasteiger charge is 2.58. The van der Waals surface area contributed by atoms with Gasteiger partial charge in [0, 0.05) is 5.41 Å². The normalized spacial score (nSPS) is 53.8. The van der Waals surface area contributed by atoms with Gasteiger partial charge in [-0.05, 0) is 19.8 Å². The lowest BCUT2D eigenvalue weighted by atomic mass is 9.74. The molecule has 3 heteroatoms.